The van der Waals surface area contributed by atoms with Crippen molar-refractivity contribution in [3.63, 3.8) is 0 Å². The molecule has 0 saturated carbocycles. The van der Waals surface area contributed by atoms with Crippen LogP contribution in [-0.2, 0) is 11.2 Å². The minimum atomic E-state index is 0.0787. The number of methoxy groups -OCH3 is 1. The standard InChI is InChI=1S/C15H25NO2/c1-12(2)15(11-18-3)16-14(10-17)9-13-7-5-4-6-8-13/h4-8,12,14-17H,9-11H2,1-3H3. The predicted octanol–water partition coefficient (Wildman–Crippen LogP) is 1.85. The normalized spacial score (nSPS) is 14.7. The molecule has 0 spiro atoms. The first kappa shape index (κ1) is 15.2. The van der Waals surface area contributed by atoms with Crippen molar-refractivity contribution in [2.45, 2.75) is 32.4 Å². The van der Waals surface area contributed by atoms with Crippen molar-refractivity contribution in [3.05, 3.63) is 35.9 Å². The Balaban J connectivity index is 2.55. The van der Waals surface area contributed by atoms with E-state index in [1.54, 1.807) is 7.11 Å². The summed E-state index contributed by atoms with van der Waals surface area (Å²) in [5, 5.41) is 13.0. The van der Waals surface area contributed by atoms with Crippen molar-refractivity contribution >= 4 is 0 Å². The van der Waals surface area contributed by atoms with E-state index >= 15 is 0 Å². The Hall–Kier alpha value is -0.900. The van der Waals surface area contributed by atoms with Crippen molar-refractivity contribution in [2.24, 2.45) is 5.92 Å². The SMILES string of the molecule is COCC(NC(CO)Cc1ccccc1)C(C)C. The van der Waals surface area contributed by atoms with Crippen molar-refractivity contribution in [3.8, 4) is 0 Å². The quantitative estimate of drug-likeness (QED) is 0.741. The van der Waals surface area contributed by atoms with Gasteiger partial charge in [-0.15, -0.1) is 0 Å². The third kappa shape index (κ3) is 5.17. The van der Waals surface area contributed by atoms with E-state index in [9.17, 15) is 5.11 Å². The fourth-order valence-electron chi connectivity index (χ4n) is 1.99. The fraction of sp³-hybridized carbons (Fsp3) is 0.600. The van der Waals surface area contributed by atoms with Gasteiger partial charge in [-0.25, -0.2) is 0 Å². The lowest BCUT2D eigenvalue weighted by molar-refractivity contribution is 0.129. The van der Waals surface area contributed by atoms with E-state index in [-0.39, 0.29) is 18.7 Å². The third-order valence-corrected chi connectivity index (χ3v) is 3.15. The summed E-state index contributed by atoms with van der Waals surface area (Å²) in [4.78, 5) is 0. The average Bonchev–Trinajstić information content (AvgIpc) is 2.38. The zero-order valence-electron chi connectivity index (χ0n) is 11.6. The van der Waals surface area contributed by atoms with Crippen LogP contribution in [0.3, 0.4) is 0 Å². The molecule has 1 aromatic rings. The van der Waals surface area contributed by atoms with Crippen LogP contribution < -0.4 is 5.32 Å². The van der Waals surface area contributed by atoms with Gasteiger partial charge in [-0.1, -0.05) is 44.2 Å². The topological polar surface area (TPSA) is 41.5 Å². The molecule has 0 aliphatic carbocycles. The molecule has 1 rings (SSSR count). The van der Waals surface area contributed by atoms with Crippen molar-refractivity contribution in [2.75, 3.05) is 20.3 Å². The van der Waals surface area contributed by atoms with Gasteiger partial charge < -0.3 is 15.2 Å². The molecule has 3 nitrogen and oxygen atoms in total. The summed E-state index contributed by atoms with van der Waals surface area (Å²) in [6.45, 7) is 5.13. The summed E-state index contributed by atoms with van der Waals surface area (Å²) in [7, 11) is 1.71. The first-order chi connectivity index (χ1) is 8.67. The van der Waals surface area contributed by atoms with E-state index in [0.29, 0.717) is 12.5 Å². The molecule has 0 aliphatic heterocycles. The molecule has 1 aromatic carbocycles. The Morgan fingerprint density at radius 2 is 1.89 bits per heavy atom. The highest BCUT2D eigenvalue weighted by Crippen LogP contribution is 2.07. The van der Waals surface area contributed by atoms with Gasteiger partial charge >= 0.3 is 0 Å². The Kier molecular flexibility index (Phi) is 6.94. The van der Waals surface area contributed by atoms with Gasteiger partial charge in [0, 0.05) is 19.2 Å². The summed E-state index contributed by atoms with van der Waals surface area (Å²) in [6.07, 6.45) is 0.838. The maximum Gasteiger partial charge on any atom is 0.0618 e. The number of aliphatic hydroxyl groups is 1. The zero-order chi connectivity index (χ0) is 13.4. The number of aliphatic hydroxyl groups excluding tert-OH is 1. The highest BCUT2D eigenvalue weighted by molar-refractivity contribution is 5.16. The lowest BCUT2D eigenvalue weighted by Crippen LogP contribution is -2.46. The molecule has 0 aliphatic rings. The van der Waals surface area contributed by atoms with Crippen molar-refractivity contribution < 1.29 is 9.84 Å². The first-order valence-electron chi connectivity index (χ1n) is 6.57. The summed E-state index contributed by atoms with van der Waals surface area (Å²) in [5.74, 6) is 0.481. The fourth-order valence-corrected chi connectivity index (χ4v) is 1.99. The maximum absolute atomic E-state index is 9.48. The van der Waals surface area contributed by atoms with E-state index in [2.05, 4.69) is 31.3 Å². The monoisotopic (exact) mass is 251 g/mol. The molecule has 102 valence electrons. The van der Waals surface area contributed by atoms with Crippen LogP contribution in [0, 0.1) is 5.92 Å². The van der Waals surface area contributed by atoms with Crippen LogP contribution in [0.1, 0.15) is 19.4 Å². The van der Waals surface area contributed by atoms with E-state index < -0.39 is 0 Å². The number of rotatable bonds is 8. The van der Waals surface area contributed by atoms with Gasteiger partial charge in [0.1, 0.15) is 0 Å². The van der Waals surface area contributed by atoms with Crippen molar-refractivity contribution in [1.82, 2.24) is 5.32 Å². The van der Waals surface area contributed by atoms with E-state index in [1.165, 1.54) is 5.56 Å². The second-order valence-electron chi connectivity index (χ2n) is 5.04. The van der Waals surface area contributed by atoms with Crippen LogP contribution in [-0.4, -0.2) is 37.5 Å². The second kappa shape index (κ2) is 8.25. The molecule has 0 amide bonds. The average molecular weight is 251 g/mol. The maximum atomic E-state index is 9.48. The minimum Gasteiger partial charge on any atom is -0.395 e. The van der Waals surface area contributed by atoms with Gasteiger partial charge in [0.05, 0.1) is 13.2 Å². The Morgan fingerprint density at radius 3 is 2.39 bits per heavy atom. The van der Waals surface area contributed by atoms with Crippen LogP contribution in [0.2, 0.25) is 0 Å². The van der Waals surface area contributed by atoms with Crippen LogP contribution in [0.5, 0.6) is 0 Å². The molecule has 18 heavy (non-hydrogen) atoms. The van der Waals surface area contributed by atoms with Crippen LogP contribution in [0.4, 0.5) is 0 Å². The number of benzene rings is 1. The Morgan fingerprint density at radius 1 is 1.22 bits per heavy atom. The summed E-state index contributed by atoms with van der Waals surface area (Å²) >= 11 is 0. The third-order valence-electron chi connectivity index (χ3n) is 3.15. The zero-order valence-corrected chi connectivity index (χ0v) is 11.6. The molecule has 2 unspecified atom stereocenters. The molecule has 0 radical (unpaired) electrons. The van der Waals surface area contributed by atoms with E-state index in [4.69, 9.17) is 4.74 Å². The van der Waals surface area contributed by atoms with Crippen molar-refractivity contribution in [1.29, 1.82) is 0 Å². The van der Waals surface area contributed by atoms with E-state index in [1.807, 2.05) is 18.2 Å². The van der Waals surface area contributed by atoms with Gasteiger partial charge in [0.25, 0.3) is 0 Å². The second-order valence-corrected chi connectivity index (χ2v) is 5.04. The smallest absolute Gasteiger partial charge is 0.0618 e. The molecule has 0 bridgehead atoms. The lowest BCUT2D eigenvalue weighted by Gasteiger charge is -2.27. The predicted molar refractivity (Wildman–Crippen MR) is 74.7 cm³/mol. The first-order valence-corrected chi connectivity index (χ1v) is 6.57. The molecular formula is C15H25NO2. The molecule has 0 aromatic heterocycles. The Labute approximate surface area is 110 Å². The summed E-state index contributed by atoms with van der Waals surface area (Å²) in [6, 6.07) is 10.6. The minimum absolute atomic E-state index is 0.0787. The van der Waals surface area contributed by atoms with Gasteiger partial charge in [-0.2, -0.15) is 0 Å². The number of hydrogen-bond donors (Lipinski definition) is 2. The van der Waals surface area contributed by atoms with Gasteiger partial charge in [0.2, 0.25) is 0 Å². The largest absolute Gasteiger partial charge is 0.395 e. The number of ether oxygens (including phenoxy) is 1. The summed E-state index contributed by atoms with van der Waals surface area (Å²) in [5.41, 5.74) is 1.24. The molecule has 0 heterocycles. The highest BCUT2D eigenvalue weighted by atomic mass is 16.5. The van der Waals surface area contributed by atoms with Crippen LogP contribution in [0.15, 0.2) is 30.3 Å². The number of hydrogen-bond acceptors (Lipinski definition) is 3. The molecule has 0 saturated heterocycles. The van der Waals surface area contributed by atoms with E-state index in [0.717, 1.165) is 6.42 Å². The molecule has 0 fully saturated rings. The Bertz CT molecular complexity index is 314. The molecule has 3 heteroatoms. The molecule has 2 N–H and O–H groups in total. The molecular weight excluding hydrogens is 226 g/mol. The summed E-state index contributed by atoms with van der Waals surface area (Å²) < 4.78 is 5.22. The van der Waals surface area contributed by atoms with Crippen LogP contribution in [0.25, 0.3) is 0 Å². The van der Waals surface area contributed by atoms with Gasteiger partial charge in [0.15, 0.2) is 0 Å². The van der Waals surface area contributed by atoms with Crippen LogP contribution >= 0.6 is 0 Å². The lowest BCUT2D eigenvalue weighted by atomic mass is 10.0. The van der Waals surface area contributed by atoms with Gasteiger partial charge in [-0.05, 0) is 17.9 Å². The molecule has 2 atom stereocenters. The number of nitrogens with one attached hydrogen (secondary N) is 1. The van der Waals surface area contributed by atoms with Gasteiger partial charge in [-0.3, -0.25) is 0 Å². The highest BCUT2D eigenvalue weighted by Gasteiger charge is 2.18.